The average Bonchev–Trinajstić information content (AvgIpc) is 3.17. The first-order valence-electron chi connectivity index (χ1n) is 8.29. The van der Waals surface area contributed by atoms with Crippen LogP contribution in [-0.2, 0) is 0 Å². The van der Waals surface area contributed by atoms with Gasteiger partial charge >= 0.3 is 0 Å². The van der Waals surface area contributed by atoms with E-state index in [0.29, 0.717) is 33.7 Å². The predicted molar refractivity (Wildman–Crippen MR) is 110 cm³/mol. The molecule has 27 heavy (non-hydrogen) atoms. The molecule has 6 heteroatoms. The lowest BCUT2D eigenvalue weighted by atomic mass is 10.1. The molecule has 0 bridgehead atoms. The summed E-state index contributed by atoms with van der Waals surface area (Å²) >= 11 is 7.36. The van der Waals surface area contributed by atoms with E-state index in [1.54, 1.807) is 13.2 Å². The van der Waals surface area contributed by atoms with Crippen molar-refractivity contribution in [3.63, 3.8) is 0 Å². The third kappa shape index (κ3) is 4.48. The molecule has 1 heterocycles. The van der Waals surface area contributed by atoms with Gasteiger partial charge in [0.2, 0.25) is 0 Å². The van der Waals surface area contributed by atoms with Crippen molar-refractivity contribution >= 4 is 34.6 Å². The number of ether oxygens (including phenoxy) is 2. The second-order valence-corrected chi connectivity index (χ2v) is 6.85. The zero-order valence-corrected chi connectivity index (χ0v) is 16.5. The summed E-state index contributed by atoms with van der Waals surface area (Å²) < 4.78 is 10.9. The standard InChI is InChI=1S/C21H17ClN2O2S/c1-3-26-19-9-4-14(11-20(19)25-2)10-16(12-23)21-24-18(13-27-21)15-5-7-17(22)8-6-15/h4-11,13H,3H2,1-2H3/b16-10-. The van der Waals surface area contributed by atoms with Crippen molar-refractivity contribution in [2.24, 2.45) is 0 Å². The van der Waals surface area contributed by atoms with Gasteiger partial charge in [0, 0.05) is 16.0 Å². The summed E-state index contributed by atoms with van der Waals surface area (Å²) in [5.74, 6) is 1.30. The number of benzene rings is 2. The highest BCUT2D eigenvalue weighted by atomic mass is 35.5. The van der Waals surface area contributed by atoms with E-state index in [4.69, 9.17) is 21.1 Å². The first-order chi connectivity index (χ1) is 13.1. The molecule has 0 amide bonds. The molecule has 0 saturated heterocycles. The molecule has 0 aliphatic heterocycles. The highest BCUT2D eigenvalue weighted by molar-refractivity contribution is 7.11. The van der Waals surface area contributed by atoms with Crippen LogP contribution < -0.4 is 9.47 Å². The molecule has 0 radical (unpaired) electrons. The third-order valence-corrected chi connectivity index (χ3v) is 4.92. The van der Waals surface area contributed by atoms with E-state index < -0.39 is 0 Å². The Balaban J connectivity index is 1.91. The summed E-state index contributed by atoms with van der Waals surface area (Å²) in [7, 11) is 1.59. The Labute approximate surface area is 167 Å². The van der Waals surface area contributed by atoms with Gasteiger partial charge in [-0.25, -0.2) is 4.98 Å². The number of thiazole rings is 1. The Hall–Kier alpha value is -2.81. The number of hydrogen-bond acceptors (Lipinski definition) is 5. The summed E-state index contributed by atoms with van der Waals surface area (Å²) in [5, 5.41) is 12.9. The lowest BCUT2D eigenvalue weighted by Crippen LogP contribution is -1.95. The fraction of sp³-hybridized carbons (Fsp3) is 0.143. The van der Waals surface area contributed by atoms with Crippen molar-refractivity contribution < 1.29 is 9.47 Å². The van der Waals surface area contributed by atoms with Crippen LogP contribution in [0.25, 0.3) is 22.9 Å². The minimum atomic E-state index is 0.492. The Morgan fingerprint density at radius 1 is 1.22 bits per heavy atom. The van der Waals surface area contributed by atoms with Gasteiger partial charge in [-0.1, -0.05) is 29.8 Å². The van der Waals surface area contributed by atoms with Gasteiger partial charge in [-0.3, -0.25) is 0 Å². The number of nitrogens with zero attached hydrogens (tertiary/aromatic N) is 2. The molecule has 2 aromatic carbocycles. The molecule has 0 aliphatic rings. The first-order valence-corrected chi connectivity index (χ1v) is 9.54. The predicted octanol–water partition coefficient (Wildman–Crippen LogP) is 5.93. The quantitative estimate of drug-likeness (QED) is 0.484. The van der Waals surface area contributed by atoms with Crippen LogP contribution in [0.2, 0.25) is 5.02 Å². The maximum absolute atomic E-state index is 9.60. The molecule has 3 aromatic rings. The van der Waals surface area contributed by atoms with E-state index in [0.717, 1.165) is 16.8 Å². The Morgan fingerprint density at radius 2 is 2.00 bits per heavy atom. The first kappa shape index (κ1) is 19.0. The van der Waals surface area contributed by atoms with Crippen molar-refractivity contribution in [3.05, 3.63) is 63.4 Å². The van der Waals surface area contributed by atoms with E-state index >= 15 is 0 Å². The van der Waals surface area contributed by atoms with Gasteiger partial charge in [-0.05, 0) is 42.8 Å². The number of rotatable bonds is 6. The molecule has 0 aliphatic carbocycles. The van der Waals surface area contributed by atoms with Crippen LogP contribution in [0.1, 0.15) is 17.5 Å². The van der Waals surface area contributed by atoms with E-state index in [9.17, 15) is 5.26 Å². The SMILES string of the molecule is CCOc1ccc(/C=C(/C#N)c2nc(-c3ccc(Cl)cc3)cs2)cc1OC. The van der Waals surface area contributed by atoms with Crippen LogP contribution in [0.5, 0.6) is 11.5 Å². The lowest BCUT2D eigenvalue weighted by molar-refractivity contribution is 0.311. The average molecular weight is 397 g/mol. The van der Waals surface area contributed by atoms with Crippen LogP contribution in [-0.4, -0.2) is 18.7 Å². The van der Waals surface area contributed by atoms with E-state index in [-0.39, 0.29) is 0 Å². The van der Waals surface area contributed by atoms with Crippen molar-refractivity contribution in [1.82, 2.24) is 4.98 Å². The molecule has 0 spiro atoms. The molecule has 136 valence electrons. The maximum atomic E-state index is 9.60. The number of aromatic nitrogens is 1. The summed E-state index contributed by atoms with van der Waals surface area (Å²) in [6.45, 7) is 2.48. The van der Waals surface area contributed by atoms with Gasteiger partial charge in [0.1, 0.15) is 11.1 Å². The summed E-state index contributed by atoms with van der Waals surface area (Å²) in [5.41, 5.74) is 3.11. The van der Waals surface area contributed by atoms with E-state index in [2.05, 4.69) is 11.1 Å². The monoisotopic (exact) mass is 396 g/mol. The molecule has 0 atom stereocenters. The van der Waals surface area contributed by atoms with E-state index in [1.807, 2.05) is 54.8 Å². The van der Waals surface area contributed by atoms with Gasteiger partial charge in [-0.15, -0.1) is 11.3 Å². The molecule has 0 saturated carbocycles. The molecular formula is C21H17ClN2O2S. The van der Waals surface area contributed by atoms with Crippen LogP contribution in [0.15, 0.2) is 47.8 Å². The van der Waals surface area contributed by atoms with Crippen molar-refractivity contribution in [3.8, 4) is 28.8 Å². The summed E-state index contributed by atoms with van der Waals surface area (Å²) in [6.07, 6.45) is 1.79. The van der Waals surface area contributed by atoms with E-state index in [1.165, 1.54) is 11.3 Å². The number of nitriles is 1. The molecular weight excluding hydrogens is 380 g/mol. The lowest BCUT2D eigenvalue weighted by Gasteiger charge is -2.09. The number of halogens is 1. The fourth-order valence-electron chi connectivity index (χ4n) is 2.51. The van der Waals surface area contributed by atoms with Gasteiger partial charge in [0.05, 0.1) is 25.0 Å². The van der Waals surface area contributed by atoms with Gasteiger partial charge < -0.3 is 9.47 Å². The second-order valence-electron chi connectivity index (χ2n) is 5.56. The van der Waals surface area contributed by atoms with Crippen LogP contribution >= 0.6 is 22.9 Å². The van der Waals surface area contributed by atoms with Crippen molar-refractivity contribution in [2.75, 3.05) is 13.7 Å². The minimum Gasteiger partial charge on any atom is -0.493 e. The highest BCUT2D eigenvalue weighted by Gasteiger charge is 2.10. The number of hydrogen-bond donors (Lipinski definition) is 0. The van der Waals surface area contributed by atoms with Gasteiger partial charge in [0.25, 0.3) is 0 Å². The molecule has 3 rings (SSSR count). The minimum absolute atomic E-state index is 0.492. The van der Waals surface area contributed by atoms with Gasteiger partial charge in [-0.2, -0.15) is 5.26 Å². The molecule has 0 unspecified atom stereocenters. The number of allylic oxidation sites excluding steroid dienone is 1. The largest absolute Gasteiger partial charge is 0.493 e. The smallest absolute Gasteiger partial charge is 0.161 e. The molecule has 0 fully saturated rings. The summed E-state index contributed by atoms with van der Waals surface area (Å²) in [4.78, 5) is 4.60. The van der Waals surface area contributed by atoms with Crippen molar-refractivity contribution in [2.45, 2.75) is 6.92 Å². The molecule has 1 aromatic heterocycles. The van der Waals surface area contributed by atoms with Crippen LogP contribution in [0.4, 0.5) is 0 Å². The Morgan fingerprint density at radius 3 is 2.67 bits per heavy atom. The van der Waals surface area contributed by atoms with Gasteiger partial charge in [0.15, 0.2) is 11.5 Å². The van der Waals surface area contributed by atoms with Crippen LogP contribution in [0, 0.1) is 11.3 Å². The Bertz CT molecular complexity index is 1000. The van der Waals surface area contributed by atoms with Crippen molar-refractivity contribution in [1.29, 1.82) is 5.26 Å². The topological polar surface area (TPSA) is 55.1 Å². The third-order valence-electron chi connectivity index (χ3n) is 3.79. The molecule has 0 N–H and O–H groups in total. The molecule has 4 nitrogen and oxygen atoms in total. The second kappa shape index (κ2) is 8.72. The van der Waals surface area contributed by atoms with Crippen LogP contribution in [0.3, 0.4) is 0 Å². The summed E-state index contributed by atoms with van der Waals surface area (Å²) in [6, 6.07) is 15.3. The normalized spacial score (nSPS) is 11.1. The Kier molecular flexibility index (Phi) is 6.12. The maximum Gasteiger partial charge on any atom is 0.161 e. The zero-order chi connectivity index (χ0) is 19.2. The fourth-order valence-corrected chi connectivity index (χ4v) is 3.43. The zero-order valence-electron chi connectivity index (χ0n) is 14.9. The number of methoxy groups -OCH3 is 1. The highest BCUT2D eigenvalue weighted by Crippen LogP contribution is 2.31.